The minimum atomic E-state index is -1.06. The number of halogens is 2. The molecule has 4 rings (SSSR count). The molecule has 10 heteroatoms. The quantitative estimate of drug-likeness (QED) is 0.280. The Morgan fingerprint density at radius 1 is 1.03 bits per heavy atom. The lowest BCUT2D eigenvalue weighted by molar-refractivity contribution is 0.0824. The van der Waals surface area contributed by atoms with Crippen molar-refractivity contribution in [2.24, 2.45) is 0 Å². The Morgan fingerprint density at radius 3 is 2.45 bits per heavy atom. The third-order valence-corrected chi connectivity index (χ3v) is 6.26. The molecule has 2 atom stereocenters. The van der Waals surface area contributed by atoms with Gasteiger partial charge >= 0.3 is 0 Å². The second kappa shape index (κ2) is 12.5. The maximum absolute atomic E-state index is 13.8. The molecule has 8 nitrogen and oxygen atoms in total. The van der Waals surface area contributed by atoms with Gasteiger partial charge in [-0.2, -0.15) is 0 Å². The Hall–Kier alpha value is -4.02. The highest BCUT2D eigenvalue weighted by atomic mass is 19.1. The lowest BCUT2D eigenvalue weighted by atomic mass is 10.00. The zero-order valence-electron chi connectivity index (χ0n) is 21.2. The molecule has 0 unspecified atom stereocenters. The number of amides is 1. The van der Waals surface area contributed by atoms with Crippen molar-refractivity contribution in [1.29, 1.82) is 0 Å². The molecule has 2 aromatic heterocycles. The molecule has 0 bridgehead atoms. The molecule has 0 aliphatic carbocycles. The van der Waals surface area contributed by atoms with Crippen molar-refractivity contribution in [1.82, 2.24) is 30.6 Å². The van der Waals surface area contributed by atoms with Gasteiger partial charge in [-0.25, -0.2) is 13.5 Å². The van der Waals surface area contributed by atoms with Crippen LogP contribution in [0.3, 0.4) is 0 Å². The van der Waals surface area contributed by atoms with Gasteiger partial charge in [0.05, 0.1) is 23.5 Å². The second-order valence-corrected chi connectivity index (χ2v) is 9.07. The Morgan fingerprint density at radius 2 is 1.74 bits per heavy atom. The Kier molecular flexibility index (Phi) is 8.88. The number of nitrogens with one attached hydrogen (secondary N) is 2. The van der Waals surface area contributed by atoms with Crippen molar-refractivity contribution in [3.63, 3.8) is 0 Å². The maximum atomic E-state index is 13.8. The van der Waals surface area contributed by atoms with Gasteiger partial charge in [-0.05, 0) is 60.7 Å². The predicted octanol–water partition coefficient (Wildman–Crippen LogP) is 3.30. The van der Waals surface area contributed by atoms with Crippen LogP contribution in [0.5, 0.6) is 0 Å². The summed E-state index contributed by atoms with van der Waals surface area (Å²) in [5.41, 5.74) is 3.83. The number of carbonyl (C=O) groups excluding carboxylic acids is 1. The van der Waals surface area contributed by atoms with Crippen molar-refractivity contribution in [2.75, 3.05) is 6.54 Å². The molecular weight excluding hydrogens is 490 g/mol. The van der Waals surface area contributed by atoms with Crippen molar-refractivity contribution in [3.05, 3.63) is 107 Å². The molecule has 3 N–H and O–H groups in total. The van der Waals surface area contributed by atoms with E-state index in [1.807, 2.05) is 12.1 Å². The van der Waals surface area contributed by atoms with Gasteiger partial charge in [0, 0.05) is 31.5 Å². The molecule has 0 aliphatic heterocycles. The van der Waals surface area contributed by atoms with Gasteiger partial charge in [0.25, 0.3) is 5.91 Å². The molecule has 2 heterocycles. The van der Waals surface area contributed by atoms with E-state index in [2.05, 4.69) is 45.0 Å². The number of aromatic nitrogens is 4. The fraction of sp³-hybridized carbons (Fsp3) is 0.286. The minimum absolute atomic E-state index is 0.00608. The molecule has 38 heavy (non-hydrogen) atoms. The molecule has 0 spiro atoms. The van der Waals surface area contributed by atoms with Gasteiger partial charge in [-0.15, -0.1) is 5.10 Å². The van der Waals surface area contributed by atoms with Crippen LogP contribution in [0.25, 0.3) is 5.69 Å². The van der Waals surface area contributed by atoms with E-state index in [0.717, 1.165) is 18.1 Å². The van der Waals surface area contributed by atoms with Gasteiger partial charge in [0.1, 0.15) is 11.6 Å². The summed E-state index contributed by atoms with van der Waals surface area (Å²) in [6.45, 7) is 4.44. The van der Waals surface area contributed by atoms with Crippen LogP contribution in [0.15, 0.2) is 67.0 Å². The van der Waals surface area contributed by atoms with Crippen LogP contribution >= 0.6 is 0 Å². The lowest BCUT2D eigenvalue weighted by Gasteiger charge is -2.25. The van der Waals surface area contributed by atoms with E-state index < -0.39 is 29.7 Å². The van der Waals surface area contributed by atoms with Crippen LogP contribution in [0.1, 0.15) is 39.8 Å². The molecule has 4 aromatic rings. The summed E-state index contributed by atoms with van der Waals surface area (Å²) in [4.78, 5) is 17.2. The summed E-state index contributed by atoms with van der Waals surface area (Å²) in [6.07, 6.45) is 3.07. The standard InChI is InChI=1S/C28H30F2N6O2/c1-3-19-5-4-6-20(11-19)16-32-17-26(37)25(14-21-12-22(29)15-23(30)13-21)33-28(38)27-18(2)36(35-34-27)24-7-9-31-10-8-24/h4-13,15,25-26,32,37H,3,14,16-17H2,1-2H3,(H,33,38)/t25-,26-/m0/s1. The lowest BCUT2D eigenvalue weighted by Crippen LogP contribution is -2.49. The molecule has 0 radical (unpaired) electrons. The van der Waals surface area contributed by atoms with Crippen LogP contribution < -0.4 is 10.6 Å². The van der Waals surface area contributed by atoms with E-state index in [0.29, 0.717) is 23.5 Å². The van der Waals surface area contributed by atoms with Gasteiger partial charge in [0.2, 0.25) is 0 Å². The van der Waals surface area contributed by atoms with Crippen LogP contribution in [-0.2, 0) is 19.4 Å². The number of hydrogen-bond acceptors (Lipinski definition) is 6. The molecule has 0 saturated heterocycles. The smallest absolute Gasteiger partial charge is 0.274 e. The number of nitrogens with zero attached hydrogens (tertiary/aromatic N) is 4. The fourth-order valence-electron chi connectivity index (χ4n) is 4.24. The van der Waals surface area contributed by atoms with Crippen molar-refractivity contribution < 1.29 is 18.7 Å². The van der Waals surface area contributed by atoms with Gasteiger partial charge < -0.3 is 15.7 Å². The normalized spacial score (nSPS) is 12.8. The maximum Gasteiger partial charge on any atom is 0.274 e. The minimum Gasteiger partial charge on any atom is -0.390 e. The Bertz CT molecular complexity index is 1360. The molecule has 1 amide bonds. The number of rotatable bonds is 11. The van der Waals surface area contributed by atoms with Crippen LogP contribution in [0.4, 0.5) is 8.78 Å². The third-order valence-electron chi connectivity index (χ3n) is 6.26. The SMILES string of the molecule is CCc1cccc(CNC[C@H](O)[C@H](Cc2cc(F)cc(F)c2)NC(=O)c2nnn(-c3ccncc3)c2C)c1. The summed E-state index contributed by atoms with van der Waals surface area (Å²) in [6, 6.07) is 13.9. The van der Waals surface area contributed by atoms with E-state index >= 15 is 0 Å². The average molecular weight is 521 g/mol. The predicted molar refractivity (Wildman–Crippen MR) is 139 cm³/mol. The van der Waals surface area contributed by atoms with Crippen LogP contribution in [0.2, 0.25) is 0 Å². The number of carbonyl (C=O) groups is 1. The largest absolute Gasteiger partial charge is 0.390 e. The van der Waals surface area contributed by atoms with E-state index in [4.69, 9.17) is 0 Å². The molecular formula is C28H30F2N6O2. The first kappa shape index (κ1) is 27.0. The second-order valence-electron chi connectivity index (χ2n) is 9.07. The number of aliphatic hydroxyl groups is 1. The summed E-state index contributed by atoms with van der Waals surface area (Å²) < 4.78 is 29.2. The van der Waals surface area contributed by atoms with E-state index in [1.165, 1.54) is 22.4 Å². The highest BCUT2D eigenvalue weighted by molar-refractivity contribution is 5.93. The van der Waals surface area contributed by atoms with Gasteiger partial charge in [-0.1, -0.05) is 36.4 Å². The van der Waals surface area contributed by atoms with Crippen molar-refractivity contribution >= 4 is 5.91 Å². The fourth-order valence-corrected chi connectivity index (χ4v) is 4.24. The van der Waals surface area contributed by atoms with E-state index in [-0.39, 0.29) is 18.7 Å². The topological polar surface area (TPSA) is 105 Å². The monoisotopic (exact) mass is 520 g/mol. The average Bonchev–Trinajstić information content (AvgIpc) is 3.29. The first-order chi connectivity index (χ1) is 18.3. The van der Waals surface area contributed by atoms with Crippen molar-refractivity contribution in [3.8, 4) is 5.69 Å². The van der Waals surface area contributed by atoms with Gasteiger partial charge in [0.15, 0.2) is 5.69 Å². The molecule has 0 saturated carbocycles. The summed E-state index contributed by atoms with van der Waals surface area (Å²) in [5.74, 6) is -2.02. The first-order valence-corrected chi connectivity index (χ1v) is 12.4. The highest BCUT2D eigenvalue weighted by Crippen LogP contribution is 2.15. The number of benzene rings is 2. The first-order valence-electron chi connectivity index (χ1n) is 12.4. The molecule has 198 valence electrons. The zero-order chi connectivity index (χ0) is 27.1. The number of aliphatic hydroxyl groups excluding tert-OH is 1. The number of pyridine rings is 1. The molecule has 0 aliphatic rings. The number of aryl methyl sites for hydroxylation is 1. The van der Waals surface area contributed by atoms with E-state index in [9.17, 15) is 18.7 Å². The zero-order valence-corrected chi connectivity index (χ0v) is 21.2. The highest BCUT2D eigenvalue weighted by Gasteiger charge is 2.26. The van der Waals surface area contributed by atoms with Crippen LogP contribution in [0, 0.1) is 18.6 Å². The van der Waals surface area contributed by atoms with E-state index in [1.54, 1.807) is 31.5 Å². The summed E-state index contributed by atoms with van der Waals surface area (Å²) >= 11 is 0. The van der Waals surface area contributed by atoms with Gasteiger partial charge in [-0.3, -0.25) is 9.78 Å². The molecule has 2 aromatic carbocycles. The summed E-state index contributed by atoms with van der Waals surface area (Å²) in [7, 11) is 0. The van der Waals surface area contributed by atoms with Crippen LogP contribution in [-0.4, -0.2) is 49.7 Å². The van der Waals surface area contributed by atoms with Crippen molar-refractivity contribution in [2.45, 2.75) is 45.4 Å². The molecule has 0 fully saturated rings. The Balaban J connectivity index is 1.49. The number of hydrogen-bond donors (Lipinski definition) is 3. The Labute approximate surface area is 219 Å². The third kappa shape index (κ3) is 6.84. The summed E-state index contributed by atoms with van der Waals surface area (Å²) in [5, 5.41) is 25.1.